The number of H-pyrrole nitrogens is 3. The predicted molar refractivity (Wildman–Crippen MR) is 448 cm³/mol. The molecule has 0 bridgehead atoms. The molecule has 24 heteroatoms. The number of nitrogens with one attached hydrogen (secondary N) is 6. The molecule has 0 spiro atoms. The van der Waals surface area contributed by atoms with E-state index in [4.69, 9.17) is 64.5 Å². The Labute approximate surface area is 667 Å². The maximum absolute atomic E-state index is 15.0. The zero-order valence-electron chi connectivity index (χ0n) is 60.7. The number of rotatable bonds is 17. The summed E-state index contributed by atoms with van der Waals surface area (Å²) in [6.45, 7) is 2.23. The van der Waals surface area contributed by atoms with Crippen molar-refractivity contribution in [3.05, 3.63) is 317 Å². The minimum absolute atomic E-state index is 0.0162. The molecule has 0 unspecified atom stereocenters. The molecule has 17 aromatic rings. The van der Waals surface area contributed by atoms with Crippen LogP contribution in [-0.2, 0) is 13.0 Å². The zero-order valence-corrected chi connectivity index (χ0v) is 63.0. The molecule has 10 aromatic heterocycles. The van der Waals surface area contributed by atoms with E-state index in [1.165, 1.54) is 18.3 Å². The summed E-state index contributed by atoms with van der Waals surface area (Å²) in [5, 5.41) is 21.5. The molecule has 1 saturated carbocycles. The lowest BCUT2D eigenvalue weighted by atomic mass is 9.92. The van der Waals surface area contributed by atoms with Crippen LogP contribution in [0.25, 0.3) is 155 Å². The SMILES string of the molecule is Cc1cccc(CCNC(=O)c2c[nH]c3nc(-c4cccc(-c5cnc6c(Cl)cc(-c7cc8c(=O)cc(OC(=O)NC9CC9)[nH]c8nc7-c7ccccc7)cc6c5)c4)c(-c4cc(Cl)c5nccc(-c6cccc(-c7nc8[nH]c(C(=O)NCc9ccc(C#N)cc9)cc(=O)c8cc7-c7cc(Cl)c8ncccc8c7)c6)c5c4)cc3c2=O)n1. The first kappa shape index (κ1) is 72.1. The van der Waals surface area contributed by atoms with Gasteiger partial charge in [-0.15, -0.1) is 0 Å². The highest BCUT2D eigenvalue weighted by atomic mass is 35.5. The first-order chi connectivity index (χ1) is 56.0. The summed E-state index contributed by atoms with van der Waals surface area (Å²) in [7, 11) is 0. The molecule has 7 aromatic carbocycles. The normalized spacial score (nSPS) is 12.0. The highest BCUT2D eigenvalue weighted by Gasteiger charge is 2.27. The Morgan fingerprint density at radius 1 is 0.504 bits per heavy atom. The Morgan fingerprint density at radius 3 is 1.83 bits per heavy atom. The Bertz CT molecular complexity index is 7210. The molecule has 3 amide bonds. The van der Waals surface area contributed by atoms with Gasteiger partial charge in [-0.1, -0.05) is 126 Å². The lowest BCUT2D eigenvalue weighted by molar-refractivity contribution is 0.0940. The molecule has 6 N–H and O–H groups in total. The van der Waals surface area contributed by atoms with Crippen molar-refractivity contribution >= 4 is 119 Å². The molecule has 115 heavy (non-hydrogen) atoms. The standard InChI is InChI=1S/C91H59Cl3N14O7/c1-47-9-5-17-61(102-47)24-27-98-89(112)71-46-100-86-70(85(71)111)40-66(80(106-86)53-14-6-12-51(29-53)60-33-59-32-57(36-73(93)83(59)99-45-60)64-38-69-77(110)42-78(115-91(114)103-62-22-23-62)105-88(69)107-79(64)50-10-3-2-4-11-50)58-34-67-63(25-28-97-84(67)74(94)37-58)52-13-7-15-54(30-52)81-65(56-31-55-16-8-26-96-82(55)72(92)35-56)39-68-76(109)41-75(104-87(68)108-81)90(113)101-44-49-20-18-48(43-95)19-21-49/h2-21,25-26,28-42,45-46,62H,22-24,27,44H2,1H3,(H,98,112)(H,101,113)(H,103,114)(H,100,106,111)(H,104,108,109)(H,105,107,110). The fraction of sp³-hybridized carbons (Fsp3) is 0.0769. The number of aromatic nitrogens is 10. The van der Waals surface area contributed by atoms with Gasteiger partial charge in [0.25, 0.3) is 11.8 Å². The van der Waals surface area contributed by atoms with E-state index in [1.807, 2.05) is 146 Å². The van der Waals surface area contributed by atoms with E-state index in [9.17, 15) is 29.2 Å². The number of nitrogens with zero attached hydrogens (tertiary/aromatic N) is 8. The lowest BCUT2D eigenvalue weighted by Crippen LogP contribution is -2.30. The van der Waals surface area contributed by atoms with Crippen molar-refractivity contribution in [2.75, 3.05) is 6.54 Å². The van der Waals surface area contributed by atoms with Gasteiger partial charge in [0.05, 0.1) is 76.5 Å². The molecule has 1 aliphatic carbocycles. The number of hydrogen-bond acceptors (Lipinski definition) is 15. The molecular weight excluding hydrogens is 1510 g/mol. The minimum atomic E-state index is -0.669. The Kier molecular flexibility index (Phi) is 18.8. The van der Waals surface area contributed by atoms with E-state index < -0.39 is 34.2 Å². The molecule has 21 nitrogen and oxygen atoms in total. The number of aromatic amines is 3. The third kappa shape index (κ3) is 14.4. The second kappa shape index (κ2) is 30.0. The largest absolute Gasteiger partial charge is 0.414 e. The quantitative estimate of drug-likeness (QED) is 0.0494. The highest BCUT2D eigenvalue weighted by molar-refractivity contribution is 6.37. The predicted octanol–water partition coefficient (Wildman–Crippen LogP) is 18.1. The molecule has 10 heterocycles. The fourth-order valence-corrected chi connectivity index (χ4v) is 15.3. The van der Waals surface area contributed by atoms with Crippen LogP contribution in [0.3, 0.4) is 0 Å². The van der Waals surface area contributed by atoms with Crippen molar-refractivity contribution < 1.29 is 19.1 Å². The first-order valence-corrected chi connectivity index (χ1v) is 37.8. The summed E-state index contributed by atoms with van der Waals surface area (Å²) in [5.41, 5.74) is 13.1. The van der Waals surface area contributed by atoms with Crippen LogP contribution in [0.5, 0.6) is 5.88 Å². The van der Waals surface area contributed by atoms with Crippen LogP contribution in [0.4, 0.5) is 4.79 Å². The summed E-state index contributed by atoms with van der Waals surface area (Å²) in [6.07, 6.45) is 7.92. The molecule has 0 saturated heterocycles. The van der Waals surface area contributed by atoms with Crippen molar-refractivity contribution in [2.24, 2.45) is 0 Å². The van der Waals surface area contributed by atoms with E-state index in [0.29, 0.717) is 128 Å². The molecule has 18 rings (SSSR count). The van der Waals surface area contributed by atoms with Gasteiger partial charge >= 0.3 is 6.09 Å². The number of pyridine rings is 10. The number of benzene rings is 7. The lowest BCUT2D eigenvalue weighted by Gasteiger charge is -2.16. The van der Waals surface area contributed by atoms with Gasteiger partial charge in [0.2, 0.25) is 11.3 Å². The van der Waals surface area contributed by atoms with Crippen LogP contribution in [0.1, 0.15) is 56.2 Å². The number of halogens is 3. The second-order valence-electron chi connectivity index (χ2n) is 28.0. The van der Waals surface area contributed by atoms with Gasteiger partial charge in [-0.2, -0.15) is 5.26 Å². The van der Waals surface area contributed by atoms with Crippen LogP contribution >= 0.6 is 34.8 Å². The molecule has 0 radical (unpaired) electrons. The van der Waals surface area contributed by atoms with Gasteiger partial charge in [-0.05, 0) is 168 Å². The highest BCUT2D eigenvalue weighted by Crippen LogP contribution is 2.44. The van der Waals surface area contributed by atoms with Crippen LogP contribution < -0.4 is 37.0 Å². The van der Waals surface area contributed by atoms with Gasteiger partial charge in [-0.3, -0.25) is 43.9 Å². The molecule has 0 atom stereocenters. The van der Waals surface area contributed by atoms with Crippen molar-refractivity contribution in [3.63, 3.8) is 0 Å². The Hall–Kier alpha value is -14.4. The number of aryl methyl sites for hydroxylation is 1. The fourth-order valence-electron chi connectivity index (χ4n) is 14.5. The maximum Gasteiger partial charge on any atom is 0.414 e. The zero-order chi connectivity index (χ0) is 78.7. The number of nitriles is 1. The van der Waals surface area contributed by atoms with Gasteiger partial charge in [-0.25, -0.2) is 19.7 Å². The van der Waals surface area contributed by atoms with Crippen LogP contribution in [0, 0.1) is 18.3 Å². The van der Waals surface area contributed by atoms with Crippen LogP contribution in [0.15, 0.2) is 251 Å². The van der Waals surface area contributed by atoms with Gasteiger partial charge in [0, 0.05) is 129 Å². The maximum atomic E-state index is 15.0. The van der Waals surface area contributed by atoms with Crippen molar-refractivity contribution in [3.8, 4) is 101 Å². The number of amides is 3. The van der Waals surface area contributed by atoms with E-state index in [0.717, 1.165) is 46.3 Å². The van der Waals surface area contributed by atoms with Crippen LogP contribution in [-0.4, -0.2) is 80.3 Å². The smallest absolute Gasteiger partial charge is 0.393 e. The molecule has 1 fully saturated rings. The third-order valence-corrected chi connectivity index (χ3v) is 21.2. The summed E-state index contributed by atoms with van der Waals surface area (Å²) in [6, 6.07) is 66.0. The van der Waals surface area contributed by atoms with E-state index in [1.54, 1.807) is 79.3 Å². The number of carbonyl (C=O) groups is 3. The molecule has 1 aliphatic rings. The third-order valence-electron chi connectivity index (χ3n) is 20.3. The van der Waals surface area contributed by atoms with Crippen molar-refractivity contribution in [1.29, 1.82) is 5.26 Å². The molecule has 556 valence electrons. The summed E-state index contributed by atoms with van der Waals surface area (Å²) < 4.78 is 5.51. The monoisotopic (exact) mass is 1560 g/mol. The van der Waals surface area contributed by atoms with E-state index in [-0.39, 0.29) is 74.4 Å². The number of ether oxygens (including phenoxy) is 1. The average molecular weight is 1570 g/mol. The van der Waals surface area contributed by atoms with E-state index >= 15 is 4.79 Å². The van der Waals surface area contributed by atoms with Crippen LogP contribution in [0.2, 0.25) is 15.1 Å². The van der Waals surface area contributed by atoms with Gasteiger partial charge < -0.3 is 35.6 Å². The van der Waals surface area contributed by atoms with Gasteiger partial charge in [0.1, 0.15) is 28.2 Å². The van der Waals surface area contributed by atoms with Crippen molar-refractivity contribution in [2.45, 2.75) is 38.8 Å². The number of carbonyl (C=O) groups excluding carboxylic acids is 3. The average Bonchev–Trinajstić information content (AvgIpc) is 1.68. The Balaban J connectivity index is 0.749. The number of fused-ring (bicyclic) bond motifs is 6. The number of hydrogen-bond donors (Lipinski definition) is 6. The summed E-state index contributed by atoms with van der Waals surface area (Å²) >= 11 is 21.7. The Morgan fingerprint density at radius 2 is 1.11 bits per heavy atom. The first-order valence-electron chi connectivity index (χ1n) is 36.7. The summed E-state index contributed by atoms with van der Waals surface area (Å²) in [5.74, 6) is -1.18. The topological polar surface area (TPSA) is 309 Å². The summed E-state index contributed by atoms with van der Waals surface area (Å²) in [4.78, 5) is 128. The molecular formula is C91H59Cl3N14O7. The van der Waals surface area contributed by atoms with E-state index in [2.05, 4.69) is 46.9 Å². The van der Waals surface area contributed by atoms with Crippen molar-refractivity contribution in [1.82, 2.24) is 65.8 Å². The van der Waals surface area contributed by atoms with Gasteiger partial charge in [0.15, 0.2) is 10.9 Å². The minimum Gasteiger partial charge on any atom is -0.393 e. The molecule has 0 aliphatic heterocycles. The second-order valence-corrected chi connectivity index (χ2v) is 29.2.